The first-order chi connectivity index (χ1) is 16.2. The van der Waals surface area contributed by atoms with Crippen molar-refractivity contribution in [3.05, 3.63) is 83.3 Å². The summed E-state index contributed by atoms with van der Waals surface area (Å²) in [5.74, 6) is 1.24. The third-order valence-electron chi connectivity index (χ3n) is 5.38. The highest BCUT2D eigenvalue weighted by Crippen LogP contribution is 2.25. The molecule has 1 aliphatic rings. The Morgan fingerprint density at radius 3 is 2.61 bits per heavy atom. The highest BCUT2D eigenvalue weighted by atomic mass is 35.5. The van der Waals surface area contributed by atoms with Gasteiger partial charge in [0, 0.05) is 36.9 Å². The second-order valence-corrected chi connectivity index (χ2v) is 8.02. The fourth-order valence-electron chi connectivity index (χ4n) is 3.64. The quantitative estimate of drug-likeness (QED) is 0.466. The number of hydrogen-bond acceptors (Lipinski definition) is 6. The normalized spacial score (nSPS) is 13.8. The molecule has 0 saturated carbocycles. The topological polar surface area (TPSA) is 85.4 Å². The van der Waals surface area contributed by atoms with Crippen LogP contribution in [-0.4, -0.2) is 47.0 Å². The Bertz CT molecular complexity index is 1210. The van der Waals surface area contributed by atoms with Crippen LogP contribution in [-0.2, 0) is 11.3 Å². The molecule has 0 atom stereocenters. The van der Waals surface area contributed by atoms with Crippen LogP contribution in [0.25, 0.3) is 17.1 Å². The molecular weight excluding hydrogens is 442 g/mol. The zero-order valence-electron chi connectivity index (χ0n) is 17.8. The first-order valence-electron chi connectivity index (χ1n) is 10.6. The number of nitrogens with zero attached hydrogens (tertiary/aromatic N) is 4. The van der Waals surface area contributed by atoms with Gasteiger partial charge in [-0.15, -0.1) is 0 Å². The van der Waals surface area contributed by atoms with Gasteiger partial charge in [0.05, 0.1) is 25.2 Å². The van der Waals surface area contributed by atoms with Crippen LogP contribution in [0, 0.1) is 0 Å². The molecule has 0 unspecified atom stereocenters. The maximum Gasteiger partial charge on any atom is 0.272 e. The average Bonchev–Trinajstić information content (AvgIpc) is 3.54. The number of amides is 1. The van der Waals surface area contributed by atoms with Crippen molar-refractivity contribution < 1.29 is 13.9 Å². The third kappa shape index (κ3) is 4.76. The molecule has 0 radical (unpaired) electrons. The van der Waals surface area contributed by atoms with Crippen LogP contribution >= 0.6 is 11.6 Å². The Kier molecular flexibility index (Phi) is 6.10. The summed E-state index contributed by atoms with van der Waals surface area (Å²) in [6.07, 6.45) is 3.37. The molecule has 1 amide bonds. The van der Waals surface area contributed by atoms with Crippen LogP contribution in [0.2, 0.25) is 5.02 Å². The number of halogens is 1. The lowest BCUT2D eigenvalue weighted by Gasteiger charge is -2.27. The number of rotatable bonds is 6. The fraction of sp³-hybridized carbons (Fsp3) is 0.208. The van der Waals surface area contributed by atoms with Crippen LogP contribution in [0.15, 0.2) is 71.5 Å². The molecule has 4 heterocycles. The van der Waals surface area contributed by atoms with E-state index in [1.165, 1.54) is 0 Å². The van der Waals surface area contributed by atoms with Crippen molar-refractivity contribution >= 4 is 23.3 Å². The first-order valence-corrected chi connectivity index (χ1v) is 11.0. The van der Waals surface area contributed by atoms with Gasteiger partial charge in [-0.25, -0.2) is 9.67 Å². The van der Waals surface area contributed by atoms with E-state index in [9.17, 15) is 4.79 Å². The van der Waals surface area contributed by atoms with Gasteiger partial charge in [0.2, 0.25) is 0 Å². The van der Waals surface area contributed by atoms with E-state index in [4.69, 9.17) is 20.8 Å². The Hall–Kier alpha value is -3.62. The second-order valence-electron chi connectivity index (χ2n) is 7.59. The number of anilines is 1. The monoisotopic (exact) mass is 463 g/mol. The van der Waals surface area contributed by atoms with Crippen LogP contribution in [0.3, 0.4) is 0 Å². The molecule has 5 rings (SSSR count). The van der Waals surface area contributed by atoms with Gasteiger partial charge in [0.25, 0.3) is 5.91 Å². The Balaban J connectivity index is 1.31. The van der Waals surface area contributed by atoms with Crippen LogP contribution < -0.4 is 10.2 Å². The molecule has 1 saturated heterocycles. The van der Waals surface area contributed by atoms with Gasteiger partial charge in [0.15, 0.2) is 11.5 Å². The van der Waals surface area contributed by atoms with E-state index in [2.05, 4.69) is 20.3 Å². The smallest absolute Gasteiger partial charge is 0.272 e. The van der Waals surface area contributed by atoms with Gasteiger partial charge in [-0.1, -0.05) is 17.7 Å². The summed E-state index contributed by atoms with van der Waals surface area (Å²) in [4.78, 5) is 19.6. The number of pyridine rings is 1. The third-order valence-corrected chi connectivity index (χ3v) is 5.64. The number of morpholine rings is 1. The van der Waals surface area contributed by atoms with E-state index in [1.54, 1.807) is 41.4 Å². The molecule has 0 spiro atoms. The number of benzene rings is 1. The predicted octanol–water partition coefficient (Wildman–Crippen LogP) is 3.95. The predicted molar refractivity (Wildman–Crippen MR) is 125 cm³/mol. The number of carbonyl (C=O) groups excluding carboxylic acids is 1. The first kappa shape index (κ1) is 21.2. The highest BCUT2D eigenvalue weighted by Gasteiger charge is 2.18. The number of carbonyl (C=O) groups is 1. The zero-order valence-corrected chi connectivity index (χ0v) is 18.5. The maximum atomic E-state index is 12.9. The van der Waals surface area contributed by atoms with E-state index >= 15 is 0 Å². The maximum absolute atomic E-state index is 12.9. The van der Waals surface area contributed by atoms with Gasteiger partial charge >= 0.3 is 0 Å². The van der Waals surface area contributed by atoms with Crippen LogP contribution in [0.4, 0.5) is 5.82 Å². The van der Waals surface area contributed by atoms with Crippen LogP contribution in [0.5, 0.6) is 0 Å². The molecule has 1 fully saturated rings. The molecule has 0 bridgehead atoms. The van der Waals surface area contributed by atoms with Crippen molar-refractivity contribution in [2.75, 3.05) is 31.2 Å². The Labute approximate surface area is 195 Å². The molecule has 0 aliphatic carbocycles. The number of furan rings is 1. The lowest BCUT2D eigenvalue weighted by Crippen LogP contribution is -2.36. The van der Waals surface area contributed by atoms with E-state index in [0.717, 1.165) is 30.2 Å². The number of aromatic nitrogens is 3. The average molecular weight is 464 g/mol. The largest absolute Gasteiger partial charge is 0.463 e. The molecule has 4 aromatic rings. The lowest BCUT2D eigenvalue weighted by atomic mass is 10.2. The standard InChI is InChI=1S/C24H22ClN5O3/c25-18-4-6-19(7-5-18)30-21(22-2-1-11-33-22)14-20(28-30)24(31)27-16-17-3-8-23(26-15-17)29-9-12-32-13-10-29/h1-8,11,14-15H,9-10,12-13,16H2,(H,27,31). The van der Waals surface area contributed by atoms with Crippen molar-refractivity contribution in [1.82, 2.24) is 20.1 Å². The molecular formula is C24H22ClN5O3. The van der Waals surface area contributed by atoms with E-state index in [0.29, 0.717) is 36.2 Å². The van der Waals surface area contributed by atoms with Crippen molar-refractivity contribution in [2.24, 2.45) is 0 Å². The molecule has 1 aliphatic heterocycles. The fourth-order valence-corrected chi connectivity index (χ4v) is 3.77. The van der Waals surface area contributed by atoms with E-state index in [1.807, 2.05) is 30.3 Å². The van der Waals surface area contributed by atoms with E-state index in [-0.39, 0.29) is 11.6 Å². The highest BCUT2D eigenvalue weighted by molar-refractivity contribution is 6.30. The Morgan fingerprint density at radius 2 is 1.91 bits per heavy atom. The number of ether oxygens (including phenoxy) is 1. The zero-order chi connectivity index (χ0) is 22.6. The molecule has 8 nitrogen and oxygen atoms in total. The summed E-state index contributed by atoms with van der Waals surface area (Å²) in [7, 11) is 0. The van der Waals surface area contributed by atoms with Gasteiger partial charge in [-0.2, -0.15) is 5.10 Å². The van der Waals surface area contributed by atoms with Gasteiger partial charge in [-0.3, -0.25) is 4.79 Å². The molecule has 168 valence electrons. The van der Waals surface area contributed by atoms with Gasteiger partial charge < -0.3 is 19.4 Å². The summed E-state index contributed by atoms with van der Waals surface area (Å²) in [6.45, 7) is 3.43. The van der Waals surface area contributed by atoms with Crippen molar-refractivity contribution in [1.29, 1.82) is 0 Å². The Morgan fingerprint density at radius 1 is 1.09 bits per heavy atom. The molecule has 33 heavy (non-hydrogen) atoms. The minimum absolute atomic E-state index is 0.284. The number of nitrogens with one attached hydrogen (secondary N) is 1. The summed E-state index contributed by atoms with van der Waals surface area (Å²) in [5.41, 5.74) is 2.63. The second kappa shape index (κ2) is 9.48. The number of hydrogen-bond donors (Lipinski definition) is 1. The molecule has 9 heteroatoms. The molecule has 3 aromatic heterocycles. The lowest BCUT2D eigenvalue weighted by molar-refractivity contribution is 0.0945. The van der Waals surface area contributed by atoms with E-state index < -0.39 is 0 Å². The van der Waals surface area contributed by atoms with Crippen molar-refractivity contribution in [2.45, 2.75) is 6.54 Å². The van der Waals surface area contributed by atoms with Gasteiger partial charge in [-0.05, 0) is 48.0 Å². The molecule has 1 aromatic carbocycles. The molecule has 1 N–H and O–H groups in total. The van der Waals surface area contributed by atoms with Crippen molar-refractivity contribution in [3.63, 3.8) is 0 Å². The SMILES string of the molecule is O=C(NCc1ccc(N2CCOCC2)nc1)c1cc(-c2ccco2)n(-c2ccc(Cl)cc2)n1. The van der Waals surface area contributed by atoms with Crippen LogP contribution in [0.1, 0.15) is 16.1 Å². The summed E-state index contributed by atoms with van der Waals surface area (Å²) in [6, 6.07) is 16.5. The van der Waals surface area contributed by atoms with Crippen molar-refractivity contribution in [3.8, 4) is 17.1 Å². The summed E-state index contributed by atoms with van der Waals surface area (Å²) >= 11 is 6.02. The minimum Gasteiger partial charge on any atom is -0.463 e. The summed E-state index contributed by atoms with van der Waals surface area (Å²) in [5, 5.41) is 8.06. The van der Waals surface area contributed by atoms with Gasteiger partial charge in [0.1, 0.15) is 11.5 Å². The summed E-state index contributed by atoms with van der Waals surface area (Å²) < 4.78 is 12.6. The minimum atomic E-state index is -0.284.